The van der Waals surface area contributed by atoms with Gasteiger partial charge in [-0.15, -0.1) is 10.2 Å². The molecule has 2 aromatic heterocycles. The van der Waals surface area contributed by atoms with Crippen molar-refractivity contribution in [2.24, 2.45) is 0 Å². The predicted octanol–water partition coefficient (Wildman–Crippen LogP) is 1.34. The summed E-state index contributed by atoms with van der Waals surface area (Å²) in [6.07, 6.45) is 2.46. The van der Waals surface area contributed by atoms with Gasteiger partial charge in [0, 0.05) is 19.0 Å². The zero-order chi connectivity index (χ0) is 12.1. The van der Waals surface area contributed by atoms with E-state index in [-0.39, 0.29) is 6.04 Å². The van der Waals surface area contributed by atoms with Gasteiger partial charge in [-0.25, -0.2) is 4.98 Å². The van der Waals surface area contributed by atoms with Crippen molar-refractivity contribution in [3.05, 3.63) is 11.6 Å². The van der Waals surface area contributed by atoms with Crippen LogP contribution in [0.3, 0.4) is 0 Å². The number of rotatable bonds is 2. The fourth-order valence-corrected chi connectivity index (χ4v) is 3.07. The summed E-state index contributed by atoms with van der Waals surface area (Å²) in [6.45, 7) is 3.97. The van der Waals surface area contributed by atoms with Gasteiger partial charge in [-0.1, -0.05) is 0 Å². The third kappa shape index (κ3) is 1.58. The Hall–Kier alpha value is -1.34. The van der Waals surface area contributed by atoms with Crippen molar-refractivity contribution in [3.8, 4) is 10.8 Å². The molecule has 0 amide bonds. The second-order valence-electron chi connectivity index (χ2n) is 4.94. The monoisotopic (exact) mass is 262 g/mol. The number of nitrogens with zero attached hydrogens (tertiary/aromatic N) is 5. The van der Waals surface area contributed by atoms with E-state index in [1.807, 2.05) is 0 Å². The van der Waals surface area contributed by atoms with Crippen molar-refractivity contribution in [2.45, 2.75) is 38.3 Å². The van der Waals surface area contributed by atoms with E-state index in [1.165, 1.54) is 24.4 Å². The number of nitrogens with one attached hydrogen (secondary N) is 1. The Bertz CT molecular complexity index is 584. The first-order chi connectivity index (χ1) is 8.83. The summed E-state index contributed by atoms with van der Waals surface area (Å²) in [5, 5.41) is 12.9. The van der Waals surface area contributed by atoms with Crippen molar-refractivity contribution in [1.82, 2.24) is 29.4 Å². The summed E-state index contributed by atoms with van der Waals surface area (Å²) in [4.78, 5) is 4.61. The minimum Gasteiger partial charge on any atom is -0.306 e. The van der Waals surface area contributed by atoms with E-state index in [9.17, 15) is 0 Å². The van der Waals surface area contributed by atoms with E-state index in [4.69, 9.17) is 0 Å². The smallest absolute Gasteiger partial charge is 0.194 e. The summed E-state index contributed by atoms with van der Waals surface area (Å²) < 4.78 is 6.60. The van der Waals surface area contributed by atoms with Crippen molar-refractivity contribution in [2.75, 3.05) is 6.54 Å². The van der Waals surface area contributed by atoms with E-state index in [2.05, 4.69) is 36.4 Å². The molecule has 2 aromatic rings. The van der Waals surface area contributed by atoms with Crippen LogP contribution in [0.1, 0.15) is 43.4 Å². The molecule has 0 saturated heterocycles. The number of fused-ring (bicyclic) bond motifs is 1. The molecule has 1 fully saturated rings. The van der Waals surface area contributed by atoms with Crippen LogP contribution in [0.25, 0.3) is 10.8 Å². The van der Waals surface area contributed by atoms with Gasteiger partial charge in [-0.2, -0.15) is 4.37 Å². The van der Waals surface area contributed by atoms with Gasteiger partial charge in [-0.05, 0) is 31.3 Å². The molecule has 1 aliphatic carbocycles. The summed E-state index contributed by atoms with van der Waals surface area (Å²) in [5.41, 5.74) is 0. The maximum atomic E-state index is 4.61. The highest BCUT2D eigenvalue weighted by Crippen LogP contribution is 2.39. The maximum absolute atomic E-state index is 4.61. The Labute approximate surface area is 109 Å². The lowest BCUT2D eigenvalue weighted by Crippen LogP contribution is -2.32. The van der Waals surface area contributed by atoms with E-state index < -0.39 is 0 Å². The van der Waals surface area contributed by atoms with Crippen LogP contribution in [0.15, 0.2) is 0 Å². The molecule has 6 nitrogen and oxygen atoms in total. The first kappa shape index (κ1) is 10.6. The molecule has 7 heteroatoms. The summed E-state index contributed by atoms with van der Waals surface area (Å²) in [6, 6.07) is 0.260. The van der Waals surface area contributed by atoms with Gasteiger partial charge in [0.25, 0.3) is 0 Å². The highest BCUT2D eigenvalue weighted by Gasteiger charge is 2.29. The predicted molar refractivity (Wildman–Crippen MR) is 67.3 cm³/mol. The molecule has 1 N–H and O–H groups in total. The maximum Gasteiger partial charge on any atom is 0.194 e. The van der Waals surface area contributed by atoms with Crippen LogP contribution >= 0.6 is 11.5 Å². The third-order valence-corrected chi connectivity index (χ3v) is 4.25. The molecule has 0 bridgehead atoms. The lowest BCUT2D eigenvalue weighted by molar-refractivity contribution is 0.439. The van der Waals surface area contributed by atoms with Gasteiger partial charge in [0.1, 0.15) is 11.6 Å². The summed E-state index contributed by atoms with van der Waals surface area (Å²) in [5.74, 6) is 3.47. The topological polar surface area (TPSA) is 68.5 Å². The summed E-state index contributed by atoms with van der Waals surface area (Å²) >= 11 is 1.44. The molecular weight excluding hydrogens is 248 g/mol. The molecule has 1 aliphatic heterocycles. The van der Waals surface area contributed by atoms with Crippen molar-refractivity contribution < 1.29 is 0 Å². The Balaban J connectivity index is 1.75. The van der Waals surface area contributed by atoms with Crippen LogP contribution in [-0.4, -0.2) is 30.7 Å². The van der Waals surface area contributed by atoms with Gasteiger partial charge >= 0.3 is 0 Å². The standard InChI is InChI=1S/C11H14N6S/c1-6-9-14-15-10(17(9)5-4-12-6)11-13-8(16-18-11)7-2-3-7/h6-7,12H,2-5H2,1H3/t6-/m1/s1. The van der Waals surface area contributed by atoms with Crippen LogP contribution in [-0.2, 0) is 6.54 Å². The molecule has 0 unspecified atom stereocenters. The highest BCUT2D eigenvalue weighted by molar-refractivity contribution is 7.09. The molecule has 94 valence electrons. The second kappa shape index (κ2) is 3.83. The average molecular weight is 262 g/mol. The van der Waals surface area contributed by atoms with E-state index in [0.717, 1.165) is 35.6 Å². The average Bonchev–Trinajstić information content (AvgIpc) is 2.95. The fourth-order valence-electron chi connectivity index (χ4n) is 2.33. The minimum atomic E-state index is 0.260. The summed E-state index contributed by atoms with van der Waals surface area (Å²) in [7, 11) is 0. The van der Waals surface area contributed by atoms with Gasteiger partial charge in [0.2, 0.25) is 0 Å². The van der Waals surface area contributed by atoms with E-state index >= 15 is 0 Å². The zero-order valence-corrected chi connectivity index (χ0v) is 10.9. The van der Waals surface area contributed by atoms with Crippen LogP contribution in [0, 0.1) is 0 Å². The van der Waals surface area contributed by atoms with Gasteiger partial charge in [0.15, 0.2) is 10.8 Å². The van der Waals surface area contributed by atoms with Crippen molar-refractivity contribution in [3.63, 3.8) is 0 Å². The van der Waals surface area contributed by atoms with E-state index in [0.29, 0.717) is 5.92 Å². The number of hydrogen-bond donors (Lipinski definition) is 1. The molecular formula is C11H14N6S. The molecule has 18 heavy (non-hydrogen) atoms. The van der Waals surface area contributed by atoms with E-state index in [1.54, 1.807) is 0 Å². The lowest BCUT2D eigenvalue weighted by atomic mass is 10.2. The largest absolute Gasteiger partial charge is 0.306 e. The molecule has 0 spiro atoms. The first-order valence-electron chi connectivity index (χ1n) is 6.33. The SMILES string of the molecule is C[C@H]1NCCn2c(-c3nc(C4CC4)ns3)nnc21. The second-order valence-corrected chi connectivity index (χ2v) is 5.69. The van der Waals surface area contributed by atoms with Crippen molar-refractivity contribution in [1.29, 1.82) is 0 Å². The van der Waals surface area contributed by atoms with Crippen LogP contribution in [0.5, 0.6) is 0 Å². The zero-order valence-electron chi connectivity index (χ0n) is 10.1. The Kier molecular flexibility index (Phi) is 2.25. The molecule has 3 heterocycles. The van der Waals surface area contributed by atoms with Gasteiger partial charge < -0.3 is 9.88 Å². The van der Waals surface area contributed by atoms with Crippen LogP contribution < -0.4 is 5.32 Å². The normalized spacial score (nSPS) is 23.1. The van der Waals surface area contributed by atoms with Gasteiger partial charge in [-0.3, -0.25) is 0 Å². The molecule has 0 radical (unpaired) electrons. The molecule has 0 aromatic carbocycles. The minimum absolute atomic E-state index is 0.260. The van der Waals surface area contributed by atoms with Crippen LogP contribution in [0.4, 0.5) is 0 Å². The third-order valence-electron chi connectivity index (χ3n) is 3.53. The lowest BCUT2D eigenvalue weighted by Gasteiger charge is -2.21. The van der Waals surface area contributed by atoms with Crippen LogP contribution in [0.2, 0.25) is 0 Å². The first-order valence-corrected chi connectivity index (χ1v) is 7.10. The molecule has 4 rings (SSSR count). The Morgan fingerprint density at radius 1 is 1.33 bits per heavy atom. The molecule has 2 aliphatic rings. The Morgan fingerprint density at radius 2 is 2.22 bits per heavy atom. The Morgan fingerprint density at radius 3 is 3.06 bits per heavy atom. The fraction of sp³-hybridized carbons (Fsp3) is 0.636. The quantitative estimate of drug-likeness (QED) is 0.884. The van der Waals surface area contributed by atoms with Crippen molar-refractivity contribution >= 4 is 11.5 Å². The van der Waals surface area contributed by atoms with Gasteiger partial charge in [0.05, 0.1) is 6.04 Å². The number of hydrogen-bond acceptors (Lipinski definition) is 6. The molecule has 1 saturated carbocycles. The highest BCUT2D eigenvalue weighted by atomic mass is 32.1. The molecule has 1 atom stereocenters. The number of aromatic nitrogens is 5.